The lowest BCUT2D eigenvalue weighted by Gasteiger charge is -2.25. The van der Waals surface area contributed by atoms with Gasteiger partial charge in [-0.2, -0.15) is 0 Å². The fourth-order valence-corrected chi connectivity index (χ4v) is 2.10. The Hall–Kier alpha value is -0.610. The van der Waals surface area contributed by atoms with Crippen LogP contribution in [0.4, 0.5) is 0 Å². The van der Waals surface area contributed by atoms with Crippen LogP contribution in [-0.4, -0.2) is 36.7 Å². The Kier molecular flexibility index (Phi) is 3.37. The zero-order chi connectivity index (χ0) is 9.80. The van der Waals surface area contributed by atoms with Crippen LogP contribution >= 0.6 is 0 Å². The molecule has 0 spiro atoms. The lowest BCUT2D eigenvalue weighted by molar-refractivity contribution is -0.200. The lowest BCUT2D eigenvalue weighted by Crippen LogP contribution is -2.36. The van der Waals surface area contributed by atoms with Gasteiger partial charge in [-0.1, -0.05) is 0 Å². The normalized spacial score (nSPS) is 29.1. The molecular weight excluding hydrogens is 180 g/mol. The van der Waals surface area contributed by atoms with Gasteiger partial charge in [-0.3, -0.25) is 4.79 Å². The van der Waals surface area contributed by atoms with E-state index in [1.165, 1.54) is 12.8 Å². The first-order valence-electron chi connectivity index (χ1n) is 5.54. The van der Waals surface area contributed by atoms with Crippen molar-refractivity contribution in [3.05, 3.63) is 0 Å². The fraction of sp³-hybridized carbons (Fsp3) is 0.900. The van der Waals surface area contributed by atoms with Gasteiger partial charge in [-0.25, -0.2) is 0 Å². The van der Waals surface area contributed by atoms with Crippen LogP contribution in [0.15, 0.2) is 0 Å². The van der Waals surface area contributed by atoms with Crippen LogP contribution in [0.5, 0.6) is 0 Å². The molecule has 1 atom stereocenters. The van der Waals surface area contributed by atoms with Crippen molar-refractivity contribution in [1.29, 1.82) is 0 Å². The zero-order valence-corrected chi connectivity index (χ0v) is 8.50. The van der Waals surface area contributed by atoms with Crippen LogP contribution in [0.25, 0.3) is 0 Å². The van der Waals surface area contributed by atoms with Gasteiger partial charge in [-0.15, -0.1) is 5.06 Å². The predicted molar refractivity (Wildman–Crippen MR) is 52.5 cm³/mol. The summed E-state index contributed by atoms with van der Waals surface area (Å²) in [7, 11) is 0. The summed E-state index contributed by atoms with van der Waals surface area (Å²) < 4.78 is 0. The Morgan fingerprint density at radius 1 is 1.50 bits per heavy atom. The molecule has 0 radical (unpaired) electrons. The van der Waals surface area contributed by atoms with Crippen LogP contribution in [0, 0.1) is 0 Å². The maximum Gasteiger partial charge on any atom is 0.325 e. The molecule has 2 aliphatic heterocycles. The van der Waals surface area contributed by atoms with Gasteiger partial charge in [0.1, 0.15) is 0 Å². The monoisotopic (exact) mass is 198 g/mol. The minimum absolute atomic E-state index is 0.0735. The summed E-state index contributed by atoms with van der Waals surface area (Å²) in [6, 6.07) is 0.635. The highest BCUT2D eigenvalue weighted by Crippen LogP contribution is 2.12. The van der Waals surface area contributed by atoms with Crippen LogP contribution in [0.1, 0.15) is 32.1 Å². The minimum atomic E-state index is -0.0735. The summed E-state index contributed by atoms with van der Waals surface area (Å²) in [6.07, 6.45) is 5.16. The molecule has 1 unspecified atom stereocenters. The lowest BCUT2D eigenvalue weighted by atomic mass is 10.1. The molecule has 4 heteroatoms. The number of carbonyl (C=O) groups excluding carboxylic acids is 1. The van der Waals surface area contributed by atoms with Crippen LogP contribution in [0.2, 0.25) is 0 Å². The van der Waals surface area contributed by atoms with E-state index in [0.717, 1.165) is 32.5 Å². The maximum absolute atomic E-state index is 11.0. The largest absolute Gasteiger partial charge is 0.368 e. The van der Waals surface area contributed by atoms with Gasteiger partial charge in [0, 0.05) is 25.6 Å². The number of nitrogens with zero attached hydrogens (tertiary/aromatic N) is 1. The molecular formula is C10H18N2O2. The molecule has 14 heavy (non-hydrogen) atoms. The van der Waals surface area contributed by atoms with Crippen molar-refractivity contribution >= 4 is 5.97 Å². The van der Waals surface area contributed by atoms with Crippen molar-refractivity contribution in [1.82, 2.24) is 10.4 Å². The van der Waals surface area contributed by atoms with E-state index >= 15 is 0 Å². The molecule has 2 fully saturated rings. The highest BCUT2D eigenvalue weighted by molar-refractivity contribution is 5.69. The van der Waals surface area contributed by atoms with E-state index in [2.05, 4.69) is 5.32 Å². The molecule has 0 aromatic rings. The van der Waals surface area contributed by atoms with E-state index < -0.39 is 0 Å². The second-order valence-electron chi connectivity index (χ2n) is 4.08. The van der Waals surface area contributed by atoms with Crippen LogP contribution in [0.3, 0.4) is 0 Å². The summed E-state index contributed by atoms with van der Waals surface area (Å²) in [6.45, 7) is 2.92. The molecule has 2 aliphatic rings. The molecule has 0 bridgehead atoms. The number of nitrogens with one attached hydrogen (secondary N) is 1. The smallest absolute Gasteiger partial charge is 0.325 e. The Morgan fingerprint density at radius 3 is 3.14 bits per heavy atom. The van der Waals surface area contributed by atoms with E-state index in [0.29, 0.717) is 12.5 Å². The topological polar surface area (TPSA) is 41.6 Å². The van der Waals surface area contributed by atoms with Crippen molar-refractivity contribution in [3.8, 4) is 0 Å². The molecule has 1 N–H and O–H groups in total. The Balaban J connectivity index is 1.66. The van der Waals surface area contributed by atoms with E-state index in [4.69, 9.17) is 4.84 Å². The summed E-state index contributed by atoms with van der Waals surface area (Å²) in [5, 5.41) is 5.25. The van der Waals surface area contributed by atoms with Crippen LogP contribution in [-0.2, 0) is 9.63 Å². The van der Waals surface area contributed by atoms with Gasteiger partial charge in [0.2, 0.25) is 0 Å². The van der Waals surface area contributed by atoms with Gasteiger partial charge in [0.05, 0.1) is 0 Å². The third-order valence-corrected chi connectivity index (χ3v) is 2.91. The Bertz CT molecular complexity index is 202. The molecule has 0 saturated carbocycles. The summed E-state index contributed by atoms with van der Waals surface area (Å²) >= 11 is 0. The minimum Gasteiger partial charge on any atom is -0.368 e. The summed E-state index contributed by atoms with van der Waals surface area (Å²) in [5.74, 6) is -0.0735. The number of hydroxylamine groups is 2. The van der Waals surface area contributed by atoms with Gasteiger partial charge in [-0.05, 0) is 32.2 Å². The van der Waals surface area contributed by atoms with E-state index in [9.17, 15) is 4.79 Å². The Labute approximate surface area is 84.6 Å². The predicted octanol–water partition coefficient (Wildman–Crippen LogP) is 0.682. The molecule has 2 heterocycles. The quantitative estimate of drug-likeness (QED) is 0.724. The fourth-order valence-electron chi connectivity index (χ4n) is 2.10. The standard InChI is InChI=1S/C10H18N2O2/c13-10-4-2-7-12(14-10)8-5-9-3-1-6-11-9/h9,11H,1-8H2. The van der Waals surface area contributed by atoms with Gasteiger partial charge >= 0.3 is 5.97 Å². The van der Waals surface area contributed by atoms with E-state index in [-0.39, 0.29) is 5.97 Å². The van der Waals surface area contributed by atoms with Gasteiger partial charge in [0.15, 0.2) is 0 Å². The highest BCUT2D eigenvalue weighted by atomic mass is 16.7. The van der Waals surface area contributed by atoms with Crippen LogP contribution < -0.4 is 5.32 Å². The molecule has 0 aliphatic carbocycles. The number of hydrogen-bond donors (Lipinski definition) is 1. The number of hydrogen-bond acceptors (Lipinski definition) is 4. The second kappa shape index (κ2) is 4.75. The second-order valence-corrected chi connectivity index (χ2v) is 4.08. The van der Waals surface area contributed by atoms with Crippen molar-refractivity contribution in [3.63, 3.8) is 0 Å². The zero-order valence-electron chi connectivity index (χ0n) is 8.50. The average Bonchev–Trinajstić information content (AvgIpc) is 2.67. The van der Waals surface area contributed by atoms with Gasteiger partial charge < -0.3 is 10.2 Å². The third-order valence-electron chi connectivity index (χ3n) is 2.91. The third kappa shape index (κ3) is 2.69. The molecule has 0 aromatic heterocycles. The maximum atomic E-state index is 11.0. The molecule has 4 nitrogen and oxygen atoms in total. The SMILES string of the molecule is O=C1CCCN(CCC2CCCN2)O1. The highest BCUT2D eigenvalue weighted by Gasteiger charge is 2.20. The van der Waals surface area contributed by atoms with Crippen molar-refractivity contribution in [2.75, 3.05) is 19.6 Å². The molecule has 2 saturated heterocycles. The van der Waals surface area contributed by atoms with E-state index in [1.807, 2.05) is 5.06 Å². The summed E-state index contributed by atoms with van der Waals surface area (Å²) in [5.41, 5.74) is 0. The molecule has 80 valence electrons. The first-order chi connectivity index (χ1) is 6.84. The van der Waals surface area contributed by atoms with E-state index in [1.54, 1.807) is 0 Å². The summed E-state index contributed by atoms with van der Waals surface area (Å²) in [4.78, 5) is 16.1. The molecule has 0 amide bonds. The average molecular weight is 198 g/mol. The van der Waals surface area contributed by atoms with Crippen molar-refractivity contribution in [2.24, 2.45) is 0 Å². The molecule has 2 rings (SSSR count). The first-order valence-corrected chi connectivity index (χ1v) is 5.54. The van der Waals surface area contributed by atoms with Gasteiger partial charge in [0.25, 0.3) is 0 Å². The molecule has 0 aromatic carbocycles. The van der Waals surface area contributed by atoms with Crippen molar-refractivity contribution < 1.29 is 9.63 Å². The number of rotatable bonds is 3. The number of carbonyl (C=O) groups is 1. The Morgan fingerprint density at radius 2 is 2.43 bits per heavy atom. The van der Waals surface area contributed by atoms with Crippen molar-refractivity contribution in [2.45, 2.75) is 38.1 Å². The first kappa shape index (κ1) is 9.93.